The Hall–Kier alpha value is -1.97. The Morgan fingerprint density at radius 3 is 2.92 bits per heavy atom. The van der Waals surface area contributed by atoms with Gasteiger partial charge in [-0.15, -0.1) is 0 Å². The molecule has 0 aliphatic carbocycles. The first-order valence-electron chi connectivity index (χ1n) is 3.81. The Morgan fingerprint density at radius 1 is 1.38 bits per heavy atom. The summed E-state index contributed by atoms with van der Waals surface area (Å²) in [5.41, 5.74) is 1.66. The van der Waals surface area contributed by atoms with Gasteiger partial charge in [-0.25, -0.2) is 4.68 Å². The normalized spacial score (nSPS) is 9.85. The maximum absolute atomic E-state index is 10.3. The predicted molar refractivity (Wildman–Crippen MR) is 47.6 cm³/mol. The van der Waals surface area contributed by atoms with Gasteiger partial charge in [0.2, 0.25) is 6.41 Å². The molecule has 0 saturated heterocycles. The smallest absolute Gasteiger partial charge is 0.234 e. The molecule has 4 heteroatoms. The largest absolute Gasteiger partial charge is 0.276 e. The first-order chi connectivity index (χ1) is 6.40. The molecule has 0 radical (unpaired) electrons. The van der Waals surface area contributed by atoms with Crippen molar-refractivity contribution in [3.63, 3.8) is 0 Å². The number of carbonyl (C=O) groups is 1. The van der Waals surface area contributed by atoms with Gasteiger partial charge in [0, 0.05) is 24.2 Å². The van der Waals surface area contributed by atoms with Gasteiger partial charge in [0.15, 0.2) is 0 Å². The van der Waals surface area contributed by atoms with Crippen LogP contribution < -0.4 is 0 Å². The van der Waals surface area contributed by atoms with E-state index in [0.29, 0.717) is 6.41 Å². The van der Waals surface area contributed by atoms with Gasteiger partial charge in [0.05, 0.1) is 5.69 Å². The number of rotatable bonds is 2. The maximum Gasteiger partial charge on any atom is 0.234 e. The van der Waals surface area contributed by atoms with Crippen molar-refractivity contribution in [2.24, 2.45) is 0 Å². The summed E-state index contributed by atoms with van der Waals surface area (Å²) < 4.78 is 1.22. The second-order valence-electron chi connectivity index (χ2n) is 2.53. The molecule has 2 heterocycles. The number of nitrogens with zero attached hydrogens (tertiary/aromatic N) is 3. The third-order valence-electron chi connectivity index (χ3n) is 1.67. The fourth-order valence-electron chi connectivity index (χ4n) is 1.06. The van der Waals surface area contributed by atoms with Crippen molar-refractivity contribution in [1.82, 2.24) is 14.8 Å². The molecule has 2 rings (SSSR count). The summed E-state index contributed by atoms with van der Waals surface area (Å²) >= 11 is 0. The van der Waals surface area contributed by atoms with Gasteiger partial charge in [-0.2, -0.15) is 5.10 Å². The van der Waals surface area contributed by atoms with Crippen molar-refractivity contribution in [1.29, 1.82) is 0 Å². The van der Waals surface area contributed by atoms with Crippen LogP contribution in [-0.4, -0.2) is 21.2 Å². The van der Waals surface area contributed by atoms with E-state index in [1.807, 2.05) is 12.1 Å². The molecule has 0 saturated carbocycles. The number of carbonyl (C=O) groups excluding carboxylic acids is 1. The first kappa shape index (κ1) is 7.67. The van der Waals surface area contributed by atoms with Crippen LogP contribution in [0.25, 0.3) is 11.3 Å². The van der Waals surface area contributed by atoms with Crippen LogP contribution >= 0.6 is 0 Å². The average Bonchev–Trinajstić information content (AvgIpc) is 2.67. The van der Waals surface area contributed by atoms with Crippen LogP contribution in [0.3, 0.4) is 0 Å². The van der Waals surface area contributed by atoms with Crippen molar-refractivity contribution >= 4 is 6.41 Å². The number of hydrogen-bond acceptors (Lipinski definition) is 3. The quantitative estimate of drug-likeness (QED) is 0.636. The molecule has 0 fully saturated rings. The molecule has 0 unspecified atom stereocenters. The van der Waals surface area contributed by atoms with Crippen molar-refractivity contribution in [3.05, 3.63) is 36.8 Å². The fraction of sp³-hybridized carbons (Fsp3) is 0. The molecule has 0 aliphatic rings. The number of hydrogen-bond donors (Lipinski definition) is 0. The minimum atomic E-state index is 0.653. The molecule has 0 atom stereocenters. The molecule has 13 heavy (non-hydrogen) atoms. The van der Waals surface area contributed by atoms with Crippen molar-refractivity contribution < 1.29 is 4.79 Å². The van der Waals surface area contributed by atoms with Crippen molar-refractivity contribution in [2.45, 2.75) is 0 Å². The van der Waals surface area contributed by atoms with Gasteiger partial charge in [-0.05, 0) is 18.2 Å². The predicted octanol–water partition coefficient (Wildman–Crippen LogP) is 0.983. The standard InChI is InChI=1S/C9H7N3O/c13-7-12-5-3-9(11-12)8-2-1-4-10-6-8/h1-7H. The average molecular weight is 173 g/mol. The van der Waals surface area contributed by atoms with Gasteiger partial charge >= 0.3 is 0 Å². The van der Waals surface area contributed by atoms with E-state index in [2.05, 4.69) is 10.1 Å². The molecule has 2 aromatic rings. The van der Waals surface area contributed by atoms with Crippen LogP contribution in [0.1, 0.15) is 0 Å². The molecule has 0 amide bonds. The van der Waals surface area contributed by atoms with Crippen LogP contribution in [0, 0.1) is 0 Å². The van der Waals surface area contributed by atoms with E-state index in [1.165, 1.54) is 4.68 Å². The molecule has 2 aromatic heterocycles. The van der Waals surface area contributed by atoms with E-state index >= 15 is 0 Å². The monoisotopic (exact) mass is 173 g/mol. The van der Waals surface area contributed by atoms with E-state index in [0.717, 1.165) is 11.3 Å². The van der Waals surface area contributed by atoms with Gasteiger partial charge < -0.3 is 0 Å². The van der Waals surface area contributed by atoms with Crippen molar-refractivity contribution in [2.75, 3.05) is 0 Å². The van der Waals surface area contributed by atoms with E-state index in [1.54, 1.807) is 24.7 Å². The highest BCUT2D eigenvalue weighted by atomic mass is 16.1. The summed E-state index contributed by atoms with van der Waals surface area (Å²) in [5, 5.41) is 4.01. The lowest BCUT2D eigenvalue weighted by atomic mass is 10.2. The van der Waals surface area contributed by atoms with Gasteiger partial charge in [-0.1, -0.05) is 0 Å². The zero-order valence-electron chi connectivity index (χ0n) is 6.79. The Labute approximate surface area is 74.8 Å². The molecule has 0 bridgehead atoms. The maximum atomic E-state index is 10.3. The van der Waals surface area contributed by atoms with E-state index in [9.17, 15) is 4.79 Å². The third kappa shape index (κ3) is 1.46. The van der Waals surface area contributed by atoms with Crippen molar-refractivity contribution in [3.8, 4) is 11.3 Å². The van der Waals surface area contributed by atoms with E-state index in [-0.39, 0.29) is 0 Å². The second-order valence-corrected chi connectivity index (χ2v) is 2.53. The summed E-state index contributed by atoms with van der Waals surface area (Å²) in [6, 6.07) is 5.49. The van der Waals surface area contributed by atoms with Crippen LogP contribution in [0.2, 0.25) is 0 Å². The lowest BCUT2D eigenvalue weighted by Gasteiger charge is -1.92. The van der Waals surface area contributed by atoms with E-state index in [4.69, 9.17) is 0 Å². The SMILES string of the molecule is O=Cn1ccc(-c2cccnc2)n1. The molecular weight excluding hydrogens is 166 g/mol. The van der Waals surface area contributed by atoms with Gasteiger partial charge in [0.1, 0.15) is 0 Å². The number of aromatic nitrogens is 3. The summed E-state index contributed by atoms with van der Waals surface area (Å²) in [7, 11) is 0. The molecule has 4 nitrogen and oxygen atoms in total. The zero-order chi connectivity index (χ0) is 9.10. The Balaban J connectivity index is 2.41. The lowest BCUT2D eigenvalue weighted by molar-refractivity contribution is 0.541. The summed E-state index contributed by atoms with van der Waals surface area (Å²) in [5.74, 6) is 0. The van der Waals surface area contributed by atoms with E-state index < -0.39 is 0 Å². The Kier molecular flexibility index (Phi) is 1.88. The topological polar surface area (TPSA) is 47.8 Å². The zero-order valence-corrected chi connectivity index (χ0v) is 6.79. The molecule has 0 aromatic carbocycles. The summed E-state index contributed by atoms with van der Waals surface area (Å²) in [4.78, 5) is 14.3. The molecule has 64 valence electrons. The molecule has 0 aliphatic heterocycles. The first-order valence-corrected chi connectivity index (χ1v) is 3.81. The minimum absolute atomic E-state index is 0.653. The molecular formula is C9H7N3O. The van der Waals surface area contributed by atoms with Crippen LogP contribution in [0.4, 0.5) is 0 Å². The van der Waals surface area contributed by atoms with Crippen LogP contribution in [-0.2, 0) is 4.79 Å². The highest BCUT2D eigenvalue weighted by Crippen LogP contribution is 2.13. The Morgan fingerprint density at radius 2 is 2.31 bits per heavy atom. The minimum Gasteiger partial charge on any atom is -0.276 e. The second kappa shape index (κ2) is 3.18. The highest BCUT2D eigenvalue weighted by molar-refractivity contribution is 5.60. The number of pyridine rings is 1. The van der Waals surface area contributed by atoms with Gasteiger partial charge in [-0.3, -0.25) is 9.78 Å². The summed E-state index contributed by atoms with van der Waals surface area (Å²) in [6.45, 7) is 0. The summed E-state index contributed by atoms with van der Waals surface area (Å²) in [6.07, 6.45) is 5.66. The Bertz CT molecular complexity index is 408. The van der Waals surface area contributed by atoms with Gasteiger partial charge in [0.25, 0.3) is 0 Å². The third-order valence-corrected chi connectivity index (χ3v) is 1.67. The van der Waals surface area contributed by atoms with Crippen LogP contribution in [0.15, 0.2) is 36.8 Å². The highest BCUT2D eigenvalue weighted by Gasteiger charge is 2.00. The molecule has 0 N–H and O–H groups in total. The van der Waals surface area contributed by atoms with Crippen LogP contribution in [0.5, 0.6) is 0 Å². The fourth-order valence-corrected chi connectivity index (χ4v) is 1.06. The molecule has 0 spiro atoms. The lowest BCUT2D eigenvalue weighted by Crippen LogP contribution is -1.94.